The maximum absolute atomic E-state index is 13.7. The molecule has 230 valence electrons. The van der Waals surface area contributed by atoms with Crippen LogP contribution in [0.25, 0.3) is 0 Å². The van der Waals surface area contributed by atoms with E-state index in [1.165, 1.54) is 18.1 Å². The van der Waals surface area contributed by atoms with Gasteiger partial charge in [-0.05, 0) is 130 Å². The highest BCUT2D eigenvalue weighted by Gasteiger charge is 2.75. The highest BCUT2D eigenvalue weighted by atomic mass is 16.5. The van der Waals surface area contributed by atoms with Gasteiger partial charge in [-0.1, -0.05) is 38.8 Å². The monoisotopic (exact) mass is 569 g/mol. The first-order valence-electron chi connectivity index (χ1n) is 16.2. The van der Waals surface area contributed by atoms with Crippen molar-refractivity contribution in [3.05, 3.63) is 22.3 Å². The summed E-state index contributed by atoms with van der Waals surface area (Å²) in [6.45, 7) is 16.5. The van der Waals surface area contributed by atoms with Gasteiger partial charge in [0, 0.05) is 18.0 Å². The first kappa shape index (κ1) is 30.9. The van der Waals surface area contributed by atoms with E-state index in [4.69, 9.17) is 10.5 Å². The highest BCUT2D eigenvalue weighted by Crippen LogP contribution is 2.75. The minimum Gasteiger partial charge on any atom is -0.458 e. The van der Waals surface area contributed by atoms with Crippen molar-refractivity contribution in [2.24, 2.45) is 45.7 Å². The van der Waals surface area contributed by atoms with Gasteiger partial charge in [-0.25, -0.2) is 0 Å². The standard InChI is InChI=1S/C35H55NO5/c1-19(2)23-10-9-11-24(16-23)29(21(4)37)30-28(41-22(5)38)18-34(8)33(7)15-12-25-20(3)26(39)13-14-32(25,6)31(33)27(40)17-35(30,34)36/h20,24-28,31,39-40H,9-18,36H2,1-8H3/b30-29-/t20-,24?,25-,26+,27+,28-,31-,32-,33-,34+,35+/m0/s1. The molecule has 5 aliphatic carbocycles. The molecule has 6 nitrogen and oxygen atoms in total. The molecule has 41 heavy (non-hydrogen) atoms. The van der Waals surface area contributed by atoms with Gasteiger partial charge in [0.2, 0.25) is 0 Å². The van der Waals surface area contributed by atoms with Gasteiger partial charge >= 0.3 is 5.97 Å². The average Bonchev–Trinajstić information content (AvgIpc) is 3.08. The number of rotatable bonds is 3. The van der Waals surface area contributed by atoms with Crippen molar-refractivity contribution in [1.29, 1.82) is 0 Å². The zero-order valence-corrected chi connectivity index (χ0v) is 26.8. The Bertz CT molecular complexity index is 1170. The molecule has 0 saturated heterocycles. The summed E-state index contributed by atoms with van der Waals surface area (Å²) in [5, 5.41) is 23.0. The van der Waals surface area contributed by atoms with Gasteiger partial charge in [0.25, 0.3) is 0 Å². The van der Waals surface area contributed by atoms with Crippen LogP contribution in [0.1, 0.15) is 120 Å². The Morgan fingerprint density at radius 2 is 1.63 bits per heavy atom. The van der Waals surface area contributed by atoms with Crippen molar-refractivity contribution in [1.82, 2.24) is 0 Å². The number of aliphatic hydroxyl groups is 2. The number of ketones is 1. The van der Waals surface area contributed by atoms with E-state index in [1.807, 2.05) is 0 Å². The van der Waals surface area contributed by atoms with Gasteiger partial charge < -0.3 is 20.7 Å². The van der Waals surface area contributed by atoms with Crippen molar-refractivity contribution < 1.29 is 24.5 Å². The Balaban J connectivity index is 1.68. The zero-order valence-electron chi connectivity index (χ0n) is 26.8. The largest absolute Gasteiger partial charge is 0.458 e. The Morgan fingerprint density at radius 1 is 0.951 bits per heavy atom. The number of carbonyl (C=O) groups is 2. The third kappa shape index (κ3) is 4.36. The molecular weight excluding hydrogens is 514 g/mol. The molecule has 0 aromatic carbocycles. The van der Waals surface area contributed by atoms with E-state index >= 15 is 0 Å². The summed E-state index contributed by atoms with van der Waals surface area (Å²) in [6.07, 6.45) is 6.75. The molecule has 0 bridgehead atoms. The number of nitrogens with two attached hydrogens (primary N) is 1. The van der Waals surface area contributed by atoms with Gasteiger partial charge in [0.15, 0.2) is 5.78 Å². The number of hydrogen-bond acceptors (Lipinski definition) is 6. The molecule has 0 heterocycles. The maximum Gasteiger partial charge on any atom is 0.303 e. The summed E-state index contributed by atoms with van der Waals surface area (Å²) in [4.78, 5) is 26.2. The summed E-state index contributed by atoms with van der Waals surface area (Å²) in [7, 11) is 0. The second-order valence-electron chi connectivity index (χ2n) is 15.7. The molecule has 5 aliphatic rings. The lowest BCUT2D eigenvalue weighted by Crippen LogP contribution is -2.72. The lowest BCUT2D eigenvalue weighted by atomic mass is 9.35. The molecule has 0 aliphatic heterocycles. The van der Waals surface area contributed by atoms with Crippen LogP contribution in [0.2, 0.25) is 0 Å². The van der Waals surface area contributed by atoms with Crippen molar-refractivity contribution in [3.8, 4) is 0 Å². The lowest BCUT2D eigenvalue weighted by Gasteiger charge is -2.70. The number of carbonyl (C=O) groups excluding carboxylic acids is 2. The van der Waals surface area contributed by atoms with E-state index in [2.05, 4.69) is 41.5 Å². The zero-order chi connectivity index (χ0) is 30.3. The van der Waals surface area contributed by atoms with Gasteiger partial charge in [-0.15, -0.1) is 0 Å². The fraction of sp³-hybridized carbons (Fsp3) is 0.829. The predicted octanol–water partition coefficient (Wildman–Crippen LogP) is 6.03. The average molecular weight is 570 g/mol. The topological polar surface area (TPSA) is 110 Å². The first-order chi connectivity index (χ1) is 19.0. The summed E-state index contributed by atoms with van der Waals surface area (Å²) in [5.74, 6) is 0.234. The molecule has 4 N–H and O–H groups in total. The third-order valence-corrected chi connectivity index (χ3v) is 13.6. The minimum atomic E-state index is -0.968. The van der Waals surface area contributed by atoms with E-state index in [1.54, 1.807) is 6.92 Å². The molecule has 0 aromatic rings. The summed E-state index contributed by atoms with van der Waals surface area (Å²) in [6, 6.07) is 0. The van der Waals surface area contributed by atoms with Crippen LogP contribution in [-0.2, 0) is 14.3 Å². The predicted molar refractivity (Wildman–Crippen MR) is 161 cm³/mol. The van der Waals surface area contributed by atoms with Gasteiger partial charge in [0.05, 0.1) is 12.2 Å². The first-order valence-corrected chi connectivity index (χ1v) is 16.2. The molecule has 0 spiro atoms. The molecule has 5 rings (SSSR count). The number of esters is 1. The third-order valence-electron chi connectivity index (χ3n) is 13.6. The molecule has 5 fully saturated rings. The maximum atomic E-state index is 13.7. The summed E-state index contributed by atoms with van der Waals surface area (Å²) >= 11 is 0. The van der Waals surface area contributed by atoms with Crippen LogP contribution in [-0.4, -0.2) is 45.8 Å². The SMILES string of the molecule is CC(=O)O[C@H]1C[C@@]2(C)[C@@](N)(C[C@@H](O)[C@H]3[C@@]4(C)CC[C@@H](O)[C@@H](C)[C@@H]4CC[C@@]32C)/C1=C(/C(C)=O)C1CCCC(=C(C)C)C1. The number of aliphatic hydroxyl groups excluding tert-OH is 2. The van der Waals surface area contributed by atoms with Crippen LogP contribution in [0.4, 0.5) is 0 Å². The number of Topliss-reactive ketones (excluding diaryl/α,β-unsaturated/α-hetero) is 1. The van der Waals surface area contributed by atoms with E-state index in [9.17, 15) is 19.8 Å². The van der Waals surface area contributed by atoms with Crippen LogP contribution in [0.15, 0.2) is 22.3 Å². The van der Waals surface area contributed by atoms with E-state index in [0.717, 1.165) is 62.5 Å². The molecule has 0 amide bonds. The van der Waals surface area contributed by atoms with Gasteiger partial charge in [0.1, 0.15) is 6.10 Å². The van der Waals surface area contributed by atoms with E-state index < -0.39 is 23.2 Å². The Morgan fingerprint density at radius 3 is 2.24 bits per heavy atom. The smallest absolute Gasteiger partial charge is 0.303 e. The van der Waals surface area contributed by atoms with Crippen molar-refractivity contribution in [3.63, 3.8) is 0 Å². The van der Waals surface area contributed by atoms with Gasteiger partial charge in [-0.3, -0.25) is 9.59 Å². The second kappa shape index (κ2) is 10.3. The summed E-state index contributed by atoms with van der Waals surface area (Å²) in [5.41, 5.74) is 10.1. The second-order valence-corrected chi connectivity index (χ2v) is 15.7. The van der Waals surface area contributed by atoms with Crippen LogP contribution in [0, 0.1) is 39.9 Å². The number of ether oxygens (including phenoxy) is 1. The summed E-state index contributed by atoms with van der Waals surface area (Å²) < 4.78 is 6.11. The van der Waals surface area contributed by atoms with Crippen LogP contribution < -0.4 is 5.73 Å². The Labute approximate surface area is 247 Å². The van der Waals surface area contributed by atoms with Crippen LogP contribution in [0.5, 0.6) is 0 Å². The van der Waals surface area contributed by atoms with Crippen LogP contribution >= 0.6 is 0 Å². The molecule has 11 atom stereocenters. The highest BCUT2D eigenvalue weighted by molar-refractivity contribution is 5.95. The number of allylic oxidation sites excluding steroid dienone is 3. The van der Waals surface area contributed by atoms with E-state index in [0.29, 0.717) is 18.8 Å². The number of hydrogen-bond donors (Lipinski definition) is 3. The van der Waals surface area contributed by atoms with Crippen molar-refractivity contribution in [2.45, 2.75) is 143 Å². The molecule has 6 heteroatoms. The molecule has 1 unspecified atom stereocenters. The normalized spacial score (nSPS) is 49.0. The van der Waals surface area contributed by atoms with Crippen LogP contribution in [0.3, 0.4) is 0 Å². The Kier molecular flexibility index (Phi) is 7.77. The fourth-order valence-corrected chi connectivity index (χ4v) is 11.5. The lowest BCUT2D eigenvalue weighted by molar-refractivity contribution is -0.238. The number of fused-ring (bicyclic) bond motifs is 5. The van der Waals surface area contributed by atoms with Gasteiger partial charge in [-0.2, -0.15) is 0 Å². The van der Waals surface area contributed by atoms with Crippen molar-refractivity contribution >= 4 is 11.8 Å². The minimum absolute atomic E-state index is 0.00967. The quantitative estimate of drug-likeness (QED) is 0.217. The Hall–Kier alpha value is -1.50. The van der Waals surface area contributed by atoms with E-state index in [-0.39, 0.29) is 46.4 Å². The fourth-order valence-electron chi connectivity index (χ4n) is 11.5. The molecule has 5 saturated carbocycles. The molecule has 0 aromatic heterocycles. The molecular formula is C35H55NO5. The van der Waals surface area contributed by atoms with Crippen molar-refractivity contribution in [2.75, 3.05) is 0 Å². The molecule has 0 radical (unpaired) electrons.